The zero-order chi connectivity index (χ0) is 12.4. The van der Waals surface area contributed by atoms with E-state index in [9.17, 15) is 4.79 Å². The number of primary amides is 1. The Morgan fingerprint density at radius 1 is 1.65 bits per heavy atom. The monoisotopic (exact) mass is 236 g/mol. The first-order valence-electron chi connectivity index (χ1n) is 5.48. The molecule has 1 heterocycles. The van der Waals surface area contributed by atoms with Crippen LogP contribution in [0.1, 0.15) is 6.92 Å². The fourth-order valence-corrected chi connectivity index (χ4v) is 1.97. The Labute approximate surface area is 100 Å². The summed E-state index contributed by atoms with van der Waals surface area (Å²) in [6, 6.07) is 5.53. The molecule has 0 bridgehead atoms. The normalized spacial score (nSPS) is 18.2. The molecule has 5 heteroatoms. The van der Waals surface area contributed by atoms with Crippen LogP contribution < -0.4 is 20.1 Å². The number of ether oxygens (including phenoxy) is 2. The highest BCUT2D eigenvalue weighted by Gasteiger charge is 2.24. The molecule has 1 atom stereocenters. The number of fused-ring (bicyclic) bond motifs is 1. The molecule has 2 N–H and O–H groups in total. The summed E-state index contributed by atoms with van der Waals surface area (Å²) < 4.78 is 10.9. The molecule has 0 saturated carbocycles. The van der Waals surface area contributed by atoms with Crippen LogP contribution in [0.5, 0.6) is 11.5 Å². The Kier molecular flexibility index (Phi) is 3.08. The summed E-state index contributed by atoms with van der Waals surface area (Å²) in [6.07, 6.45) is 0.0373. The fraction of sp³-hybridized carbons (Fsp3) is 0.417. The summed E-state index contributed by atoms with van der Waals surface area (Å²) in [5, 5.41) is 0. The van der Waals surface area contributed by atoms with Gasteiger partial charge in [0.2, 0.25) is 5.91 Å². The van der Waals surface area contributed by atoms with Gasteiger partial charge >= 0.3 is 0 Å². The minimum atomic E-state index is -0.354. The van der Waals surface area contributed by atoms with Crippen LogP contribution in [0, 0.1) is 0 Å². The lowest BCUT2D eigenvalue weighted by Crippen LogP contribution is -2.42. The molecule has 17 heavy (non-hydrogen) atoms. The van der Waals surface area contributed by atoms with E-state index in [2.05, 4.69) is 0 Å². The van der Waals surface area contributed by atoms with Gasteiger partial charge in [-0.05, 0) is 19.1 Å². The summed E-state index contributed by atoms with van der Waals surface area (Å²) in [7, 11) is 1.60. The maximum absolute atomic E-state index is 11.0. The topological polar surface area (TPSA) is 64.8 Å². The number of nitrogens with zero attached hydrogens (tertiary/aromatic N) is 1. The number of anilines is 1. The lowest BCUT2D eigenvalue weighted by Gasteiger charge is -2.34. The Hall–Kier alpha value is -1.91. The first kappa shape index (κ1) is 11.6. The van der Waals surface area contributed by atoms with E-state index < -0.39 is 0 Å². The number of methoxy groups -OCH3 is 1. The molecular weight excluding hydrogens is 220 g/mol. The van der Waals surface area contributed by atoms with Gasteiger partial charge in [-0.2, -0.15) is 0 Å². The van der Waals surface area contributed by atoms with E-state index in [1.807, 2.05) is 30.0 Å². The van der Waals surface area contributed by atoms with Gasteiger partial charge in [-0.15, -0.1) is 0 Å². The predicted molar refractivity (Wildman–Crippen MR) is 64.5 cm³/mol. The molecule has 0 radical (unpaired) electrons. The smallest absolute Gasteiger partial charge is 0.236 e. The highest BCUT2D eigenvalue weighted by molar-refractivity contribution is 5.81. The standard InChI is InChI=1S/C12H16N2O3/c1-8-6-14(7-12(13)15)10-5-9(16-2)3-4-11(10)17-8/h3-5,8H,6-7H2,1-2H3,(H2,13,15). The van der Waals surface area contributed by atoms with Crippen LogP contribution in [-0.2, 0) is 4.79 Å². The minimum Gasteiger partial charge on any atom is -0.497 e. The third kappa shape index (κ3) is 2.43. The summed E-state index contributed by atoms with van der Waals surface area (Å²) in [4.78, 5) is 13.0. The number of hydrogen-bond acceptors (Lipinski definition) is 4. The third-order valence-electron chi connectivity index (χ3n) is 2.66. The SMILES string of the molecule is COc1ccc2c(c1)N(CC(N)=O)CC(C)O2. The zero-order valence-electron chi connectivity index (χ0n) is 9.97. The molecule has 0 aromatic heterocycles. The molecule has 1 aliphatic rings. The van der Waals surface area contributed by atoms with Gasteiger partial charge in [-0.3, -0.25) is 4.79 Å². The average Bonchev–Trinajstić information content (AvgIpc) is 2.27. The summed E-state index contributed by atoms with van der Waals surface area (Å²) in [5.41, 5.74) is 6.09. The molecule has 1 unspecified atom stereocenters. The Bertz CT molecular complexity index is 434. The molecular formula is C12H16N2O3. The van der Waals surface area contributed by atoms with Crippen LogP contribution in [0.3, 0.4) is 0 Å². The van der Waals surface area contributed by atoms with Crippen molar-refractivity contribution in [1.82, 2.24) is 0 Å². The second-order valence-corrected chi connectivity index (χ2v) is 4.11. The van der Waals surface area contributed by atoms with Crippen LogP contribution in [0.25, 0.3) is 0 Å². The maximum Gasteiger partial charge on any atom is 0.236 e. The molecule has 0 fully saturated rings. The molecule has 1 aliphatic heterocycles. The highest BCUT2D eigenvalue weighted by Crippen LogP contribution is 2.36. The quantitative estimate of drug-likeness (QED) is 0.841. The number of benzene rings is 1. The van der Waals surface area contributed by atoms with Crippen molar-refractivity contribution >= 4 is 11.6 Å². The van der Waals surface area contributed by atoms with Gasteiger partial charge in [-0.1, -0.05) is 0 Å². The van der Waals surface area contributed by atoms with Crippen LogP contribution in [0.2, 0.25) is 0 Å². The minimum absolute atomic E-state index is 0.0373. The molecule has 0 spiro atoms. The number of carbonyl (C=O) groups excluding carboxylic acids is 1. The van der Waals surface area contributed by atoms with E-state index >= 15 is 0 Å². The molecule has 0 aliphatic carbocycles. The van der Waals surface area contributed by atoms with Crippen LogP contribution in [0.15, 0.2) is 18.2 Å². The van der Waals surface area contributed by atoms with Gasteiger partial charge < -0.3 is 20.1 Å². The molecule has 1 amide bonds. The van der Waals surface area contributed by atoms with Crippen molar-refractivity contribution in [3.63, 3.8) is 0 Å². The average molecular weight is 236 g/mol. The Morgan fingerprint density at radius 3 is 3.06 bits per heavy atom. The van der Waals surface area contributed by atoms with E-state index in [0.717, 1.165) is 17.2 Å². The van der Waals surface area contributed by atoms with E-state index in [1.54, 1.807) is 7.11 Å². The second-order valence-electron chi connectivity index (χ2n) is 4.11. The second kappa shape index (κ2) is 4.53. The van der Waals surface area contributed by atoms with Gasteiger partial charge in [0.15, 0.2) is 0 Å². The van der Waals surface area contributed by atoms with Crippen molar-refractivity contribution in [3.05, 3.63) is 18.2 Å². The van der Waals surface area contributed by atoms with Crippen LogP contribution in [0.4, 0.5) is 5.69 Å². The fourth-order valence-electron chi connectivity index (χ4n) is 1.97. The van der Waals surface area contributed by atoms with Crippen LogP contribution in [-0.4, -0.2) is 32.2 Å². The van der Waals surface area contributed by atoms with Gasteiger partial charge in [0, 0.05) is 6.07 Å². The van der Waals surface area contributed by atoms with Crippen molar-refractivity contribution in [3.8, 4) is 11.5 Å². The molecule has 1 aromatic rings. The van der Waals surface area contributed by atoms with E-state index in [0.29, 0.717) is 6.54 Å². The summed E-state index contributed by atoms with van der Waals surface area (Å²) in [6.45, 7) is 2.79. The first-order chi connectivity index (χ1) is 8.10. The van der Waals surface area contributed by atoms with Gasteiger partial charge in [0.05, 0.1) is 25.9 Å². The summed E-state index contributed by atoms with van der Waals surface area (Å²) >= 11 is 0. The van der Waals surface area contributed by atoms with Crippen molar-refractivity contribution < 1.29 is 14.3 Å². The molecule has 1 aromatic carbocycles. The highest BCUT2D eigenvalue weighted by atomic mass is 16.5. The lowest BCUT2D eigenvalue weighted by molar-refractivity contribution is -0.116. The number of nitrogens with two attached hydrogens (primary N) is 1. The number of rotatable bonds is 3. The predicted octanol–water partition coefficient (Wildman–Crippen LogP) is 0.768. The van der Waals surface area contributed by atoms with Crippen molar-refractivity contribution in [2.45, 2.75) is 13.0 Å². The number of hydrogen-bond donors (Lipinski definition) is 1. The largest absolute Gasteiger partial charge is 0.497 e. The lowest BCUT2D eigenvalue weighted by atomic mass is 10.2. The third-order valence-corrected chi connectivity index (χ3v) is 2.66. The van der Waals surface area contributed by atoms with Crippen molar-refractivity contribution in [2.24, 2.45) is 5.73 Å². The molecule has 0 saturated heterocycles. The van der Waals surface area contributed by atoms with E-state index in [1.165, 1.54) is 0 Å². The zero-order valence-corrected chi connectivity index (χ0v) is 9.97. The Morgan fingerprint density at radius 2 is 2.41 bits per heavy atom. The number of amides is 1. The van der Waals surface area contributed by atoms with Crippen molar-refractivity contribution in [1.29, 1.82) is 0 Å². The molecule has 2 rings (SSSR count). The van der Waals surface area contributed by atoms with Crippen LogP contribution >= 0.6 is 0 Å². The van der Waals surface area contributed by atoms with Gasteiger partial charge in [-0.25, -0.2) is 0 Å². The van der Waals surface area contributed by atoms with E-state index in [4.69, 9.17) is 15.2 Å². The van der Waals surface area contributed by atoms with E-state index in [-0.39, 0.29) is 18.6 Å². The molecule has 5 nitrogen and oxygen atoms in total. The summed E-state index contributed by atoms with van der Waals surface area (Å²) in [5.74, 6) is 1.13. The number of carbonyl (C=O) groups is 1. The maximum atomic E-state index is 11.0. The van der Waals surface area contributed by atoms with Crippen molar-refractivity contribution in [2.75, 3.05) is 25.1 Å². The molecule has 92 valence electrons. The first-order valence-corrected chi connectivity index (χ1v) is 5.48. The Balaban J connectivity index is 2.35. The van der Waals surface area contributed by atoms with Gasteiger partial charge in [0.1, 0.15) is 17.6 Å². The van der Waals surface area contributed by atoms with Gasteiger partial charge in [0.25, 0.3) is 0 Å².